The van der Waals surface area contributed by atoms with Gasteiger partial charge in [-0.2, -0.15) is 0 Å². The van der Waals surface area contributed by atoms with Gasteiger partial charge in [-0.15, -0.1) is 6.58 Å². The first-order valence-corrected chi connectivity index (χ1v) is 80.3. The van der Waals surface area contributed by atoms with Crippen LogP contribution in [0.3, 0.4) is 0 Å². The molecule has 3 unspecified atom stereocenters. The maximum Gasteiger partial charge on any atom is 0.374 e. The van der Waals surface area contributed by atoms with Crippen molar-refractivity contribution < 1.29 is 111 Å². The molecule has 3 fully saturated rings. The van der Waals surface area contributed by atoms with Gasteiger partial charge >= 0.3 is 103 Å². The van der Waals surface area contributed by atoms with Gasteiger partial charge in [0.2, 0.25) is 0 Å². The molecule has 1 aromatic carbocycles. The highest BCUT2D eigenvalue weighted by Gasteiger charge is 2.58. The average molecular weight is 2110 g/mol. The normalized spacial score (nSPS) is 17.3. The summed E-state index contributed by atoms with van der Waals surface area (Å²) in [5.74, 6) is 1.35. The third-order valence-corrected chi connectivity index (χ3v) is 79.5. The van der Waals surface area contributed by atoms with Gasteiger partial charge in [0, 0.05) is 210 Å². The molecule has 0 amide bonds. The highest BCUT2D eigenvalue weighted by molar-refractivity contribution is 6.93. The molecule has 25 nitrogen and oxygen atoms in total. The number of hydrogen-bond acceptors (Lipinski definition) is 25. The number of ether oxygens (including phenoxy) is 1. The van der Waals surface area contributed by atoms with Gasteiger partial charge < -0.3 is 111 Å². The van der Waals surface area contributed by atoms with E-state index in [1.165, 1.54) is 68.6 Å². The fraction of sp³-hybridized carbons (Fsp3) is 0.835. The predicted octanol–water partition coefficient (Wildman–Crippen LogP) is 23.8. The summed E-state index contributed by atoms with van der Waals surface area (Å²) >= 11 is 0. The fourth-order valence-electron chi connectivity index (χ4n) is 19.6. The third kappa shape index (κ3) is 47.4. The van der Waals surface area contributed by atoms with Crippen LogP contribution in [0.1, 0.15) is 251 Å². The Hall–Kier alpha value is -0.477. The van der Waals surface area contributed by atoms with Crippen molar-refractivity contribution in [3.63, 3.8) is 0 Å². The van der Waals surface area contributed by atoms with E-state index in [0.717, 1.165) is 83.3 Å². The lowest BCUT2D eigenvalue weighted by Crippen LogP contribution is -2.60. The van der Waals surface area contributed by atoms with Crippen molar-refractivity contribution in [2.45, 2.75) is 359 Å². The fourth-order valence-corrected chi connectivity index (χ4v) is 77.5. The largest absolute Gasteiger partial charge is 0.395 e. The molecule has 0 aromatic heterocycles. The lowest BCUT2D eigenvalue weighted by atomic mass is 9.88. The summed E-state index contributed by atoms with van der Waals surface area (Å²) in [6, 6.07) is 12.1. The summed E-state index contributed by atoms with van der Waals surface area (Å²) in [4.78, 5) is 0. The van der Waals surface area contributed by atoms with Crippen LogP contribution in [0.4, 0.5) is 0 Å². The zero-order valence-corrected chi connectivity index (χ0v) is 103. The van der Waals surface area contributed by atoms with Crippen molar-refractivity contribution in [3.8, 4) is 0 Å². The molecule has 2 saturated carbocycles. The first kappa shape index (κ1) is 132. The first-order valence-electron chi connectivity index (χ1n) is 52.4. The Morgan fingerprint density at radius 2 is 0.664 bits per heavy atom. The van der Waals surface area contributed by atoms with Crippen molar-refractivity contribution in [1.82, 2.24) is 0 Å². The minimum Gasteiger partial charge on any atom is -0.395 e. The van der Waals surface area contributed by atoms with Gasteiger partial charge in [-0.05, 0) is 285 Å². The number of hydrogen-bond donors (Lipinski definition) is 0. The summed E-state index contributed by atoms with van der Waals surface area (Å²) in [5.41, 5.74) is 7.21. The maximum absolute atomic E-state index is 6.39. The molecule has 0 bridgehead atoms. The van der Waals surface area contributed by atoms with Gasteiger partial charge in [0.15, 0.2) is 0 Å². The molecule has 4 aliphatic carbocycles. The Kier molecular flexibility index (Phi) is 70.6. The Morgan fingerprint density at radius 1 is 0.336 bits per heavy atom. The van der Waals surface area contributed by atoms with E-state index >= 15 is 0 Å². The van der Waals surface area contributed by atoms with E-state index < -0.39 is 103 Å². The molecule has 788 valence electrons. The van der Waals surface area contributed by atoms with Crippen molar-refractivity contribution in [1.29, 1.82) is 0 Å². The molecular formula is C97H202O25Si12. The molecule has 37 heteroatoms. The van der Waals surface area contributed by atoms with Crippen molar-refractivity contribution in [3.05, 3.63) is 90.2 Å². The van der Waals surface area contributed by atoms with Crippen molar-refractivity contribution in [2.24, 2.45) is 11.8 Å². The highest BCUT2D eigenvalue weighted by atomic mass is 28.4. The minimum absolute atomic E-state index is 0.241. The molecule has 134 heavy (non-hydrogen) atoms. The number of fused-ring (bicyclic) bond motifs is 1. The lowest BCUT2D eigenvalue weighted by molar-refractivity contribution is 0.152. The van der Waals surface area contributed by atoms with Gasteiger partial charge in [0.25, 0.3) is 0 Å². The van der Waals surface area contributed by atoms with Crippen LogP contribution in [-0.2, 0) is 111 Å². The number of benzene rings is 1. The monoisotopic (exact) mass is 2100 g/mol. The minimum atomic E-state index is -2.57. The van der Waals surface area contributed by atoms with Crippen molar-refractivity contribution >= 4 is 108 Å². The molecule has 1 heterocycles. The molecule has 3 atom stereocenters. The smallest absolute Gasteiger partial charge is 0.374 e. The second-order valence-electron chi connectivity index (χ2n) is 35.2. The van der Waals surface area contributed by atoms with Gasteiger partial charge in [0.1, 0.15) is 0 Å². The van der Waals surface area contributed by atoms with E-state index in [1.807, 2.05) is 135 Å². The highest BCUT2D eigenvalue weighted by Crippen LogP contribution is 2.46. The summed E-state index contributed by atoms with van der Waals surface area (Å²) in [7, 11) is -28.1. The van der Waals surface area contributed by atoms with E-state index in [1.54, 1.807) is 0 Å². The summed E-state index contributed by atoms with van der Waals surface area (Å²) in [6.07, 6.45) is 29.6. The maximum atomic E-state index is 6.39. The molecule has 0 radical (unpaired) electrons. The van der Waals surface area contributed by atoms with Gasteiger partial charge in [-0.3, -0.25) is 0 Å². The Balaban J connectivity index is 0.000000806. The molecule has 6 rings (SSSR count). The number of rotatable bonds is 70. The van der Waals surface area contributed by atoms with Crippen LogP contribution in [0.25, 0.3) is 0 Å². The van der Waals surface area contributed by atoms with E-state index in [-0.39, 0.29) is 5.54 Å². The average Bonchev–Trinajstić information content (AvgIpc) is 1.53. The summed E-state index contributed by atoms with van der Waals surface area (Å²) < 4.78 is 154. The third-order valence-electron chi connectivity index (χ3n) is 24.1. The van der Waals surface area contributed by atoms with Crippen LogP contribution in [0.5, 0.6) is 0 Å². The second kappa shape index (κ2) is 71.9. The quantitative estimate of drug-likeness (QED) is 0.0335. The number of epoxide rings is 1. The second-order valence-corrected chi connectivity index (χ2v) is 77.7. The number of allylic oxidation sites excluding steroid dienone is 9. The van der Waals surface area contributed by atoms with E-state index in [2.05, 4.69) is 164 Å². The summed E-state index contributed by atoms with van der Waals surface area (Å²) in [5, 5.41) is 2.50. The molecule has 1 aromatic rings. The first-order chi connectivity index (χ1) is 64.0. The molecule has 0 spiro atoms. The molecule has 1 saturated heterocycles. The topological polar surface area (TPSA) is 234 Å². The van der Waals surface area contributed by atoms with Crippen LogP contribution >= 0.6 is 0 Å². The van der Waals surface area contributed by atoms with E-state index in [9.17, 15) is 0 Å². The zero-order valence-electron chi connectivity index (χ0n) is 91.2. The predicted molar refractivity (Wildman–Crippen MR) is 578 cm³/mol. The molecule has 0 N–H and O–H groups in total. The zero-order chi connectivity index (χ0) is 101. The Labute approximate surface area is 833 Å². The van der Waals surface area contributed by atoms with Crippen LogP contribution in [0, 0.1) is 11.8 Å². The molecular weight excluding hydrogens is 1900 g/mol. The van der Waals surface area contributed by atoms with Crippen LogP contribution in [0.15, 0.2) is 90.2 Å². The van der Waals surface area contributed by atoms with Gasteiger partial charge in [0.05, 0.1) is 12.2 Å². The standard InChI is InChI=1S/C19H38O4Si2.C18H38O5Si2.C16H36O4Si2.C16H30O4Si2.C15H30O4Si2.C13H30O4Si2/c1-8-20-24(7,21-9-2)16-25(22-10-3,23-11-4)19-14-12-18(13-15-19)17(5)6;1-6-19-24(5,20-7-2)15-25(21-8-3,22-9-4)13-12-16-10-11-17-18(14-16)23-17;2*1-6-17-21(5,18-7-2)15-22(19-8-3,20-9-4)16-13-11-10-12-14-16;1-6-16-20(5,17-7-2)14-21(18-8-3,19-9-4)15-12-10-11-13-15;1-7-12-19(16-10-4,17-11-5)13-18(6,14-8-2)15-9-3/h12,14,17H,8-11,13,15-16H2,1-7H3;16-18H,6-15H2,1-5H3;16H,6-15H2,1-5H3;10-14H,6-9,15H2,1-5H3;10-13,15H,6-9,14H2,1-5H3;7H,1,8-13H2,2-6H3. The van der Waals surface area contributed by atoms with Crippen molar-refractivity contribution in [2.75, 3.05) is 159 Å². The Bertz CT molecular complexity index is 3140. The van der Waals surface area contributed by atoms with Crippen LogP contribution in [-0.4, -0.2) is 274 Å². The van der Waals surface area contributed by atoms with Gasteiger partial charge in [-0.1, -0.05) is 112 Å². The van der Waals surface area contributed by atoms with E-state index in [0.29, 0.717) is 169 Å². The lowest BCUT2D eigenvalue weighted by Gasteiger charge is -2.42. The Morgan fingerprint density at radius 3 is 1.01 bits per heavy atom. The molecule has 5 aliphatic rings. The molecule has 1 aliphatic heterocycles. The van der Waals surface area contributed by atoms with Gasteiger partial charge in [-0.25, -0.2) is 0 Å². The summed E-state index contributed by atoms with van der Waals surface area (Å²) in [6.45, 7) is 86.2. The van der Waals surface area contributed by atoms with Crippen LogP contribution in [0.2, 0.25) is 96.5 Å². The SMILES string of the molecule is C=CC[Si](C[Si](C)(OCC)OCC)(OCC)OCC.CCO[Si](C)(C[Si](CCC1CCC2OC2C1)(OCC)OCC)OCC.CCO[Si](C)(C[Si](OCC)(OCC)C1=CC=C(C(C)C)CC1)OCC.CCO[Si](C)(C[Si](OCC)(OCC)C1C=CC=C1)OCC.CCO[Si](C)(C[Si](OCC)(OCC)C1CCCCC1)OCC.CCO[Si](C)(C[Si](OCC)(OCC)c1ccccc1)OCC. The van der Waals surface area contributed by atoms with E-state index in [4.69, 9.17) is 111 Å². The van der Waals surface area contributed by atoms with Crippen LogP contribution < -0.4 is 5.19 Å².